The first kappa shape index (κ1) is 13.3. The molecule has 0 saturated carbocycles. The molecule has 0 atom stereocenters. The Bertz CT molecular complexity index is 668. The van der Waals surface area contributed by atoms with Gasteiger partial charge < -0.3 is 5.32 Å². The van der Waals surface area contributed by atoms with Gasteiger partial charge in [0.15, 0.2) is 0 Å². The second-order valence-electron chi connectivity index (χ2n) is 3.96. The summed E-state index contributed by atoms with van der Waals surface area (Å²) in [5.41, 5.74) is 1.77. The summed E-state index contributed by atoms with van der Waals surface area (Å²) in [6, 6.07) is 7.05. The van der Waals surface area contributed by atoms with Gasteiger partial charge in [-0.2, -0.15) is 0 Å². The molecule has 6 nitrogen and oxygen atoms in total. The van der Waals surface area contributed by atoms with Crippen LogP contribution in [0.25, 0.3) is 11.3 Å². The minimum Gasteiger partial charge on any atom is -0.372 e. The van der Waals surface area contributed by atoms with Gasteiger partial charge in [-0.3, -0.25) is 9.71 Å². The summed E-state index contributed by atoms with van der Waals surface area (Å²) in [6.07, 6.45) is 4.29. The number of anilines is 2. The lowest BCUT2D eigenvalue weighted by atomic mass is 10.1. The van der Waals surface area contributed by atoms with Crippen molar-refractivity contribution in [3.63, 3.8) is 0 Å². The van der Waals surface area contributed by atoms with Crippen LogP contribution in [-0.2, 0) is 10.0 Å². The fourth-order valence-electron chi connectivity index (χ4n) is 1.59. The van der Waals surface area contributed by atoms with Crippen LogP contribution in [0, 0.1) is 0 Å². The largest absolute Gasteiger partial charge is 0.372 e. The van der Waals surface area contributed by atoms with E-state index in [0.29, 0.717) is 22.8 Å². The van der Waals surface area contributed by atoms with Gasteiger partial charge in [0, 0.05) is 12.6 Å². The Hall–Kier alpha value is -2.15. The van der Waals surface area contributed by atoms with Crippen molar-refractivity contribution >= 4 is 21.5 Å². The number of hydrogen-bond donors (Lipinski definition) is 2. The van der Waals surface area contributed by atoms with Gasteiger partial charge in [0.25, 0.3) is 0 Å². The number of para-hydroxylation sites is 1. The predicted molar refractivity (Wildman–Crippen MR) is 75.5 cm³/mol. The molecular weight excluding hydrogens is 264 g/mol. The number of rotatable bonds is 4. The van der Waals surface area contributed by atoms with Gasteiger partial charge in [-0.05, 0) is 6.07 Å². The molecule has 0 amide bonds. The van der Waals surface area contributed by atoms with Crippen LogP contribution in [-0.4, -0.2) is 31.7 Å². The number of benzene rings is 1. The molecule has 19 heavy (non-hydrogen) atoms. The molecule has 1 aromatic carbocycles. The summed E-state index contributed by atoms with van der Waals surface area (Å²) in [6.45, 7) is 0. The van der Waals surface area contributed by atoms with Crippen molar-refractivity contribution in [3.05, 3.63) is 36.7 Å². The van der Waals surface area contributed by atoms with Gasteiger partial charge in [0.05, 0.1) is 30.0 Å². The quantitative estimate of drug-likeness (QED) is 0.886. The highest BCUT2D eigenvalue weighted by atomic mass is 32.2. The van der Waals surface area contributed by atoms with Gasteiger partial charge in [-0.1, -0.05) is 18.2 Å². The van der Waals surface area contributed by atoms with Crippen molar-refractivity contribution in [2.24, 2.45) is 0 Å². The highest BCUT2D eigenvalue weighted by molar-refractivity contribution is 7.92. The molecule has 0 aliphatic heterocycles. The minimum absolute atomic E-state index is 0.483. The molecule has 2 aromatic rings. The van der Waals surface area contributed by atoms with Crippen LogP contribution in [0.5, 0.6) is 0 Å². The zero-order valence-corrected chi connectivity index (χ0v) is 11.4. The maximum Gasteiger partial charge on any atom is 0.229 e. The van der Waals surface area contributed by atoms with Crippen molar-refractivity contribution < 1.29 is 8.42 Å². The average molecular weight is 278 g/mol. The Morgan fingerprint density at radius 2 is 1.84 bits per heavy atom. The Morgan fingerprint density at radius 1 is 1.11 bits per heavy atom. The molecule has 100 valence electrons. The first-order valence-electron chi connectivity index (χ1n) is 5.56. The lowest BCUT2D eigenvalue weighted by Gasteiger charge is -2.10. The highest BCUT2D eigenvalue weighted by Gasteiger charge is 2.09. The number of hydrogen-bond acceptors (Lipinski definition) is 5. The third-order valence-electron chi connectivity index (χ3n) is 2.41. The first-order valence-corrected chi connectivity index (χ1v) is 7.46. The van der Waals surface area contributed by atoms with Crippen LogP contribution in [0.1, 0.15) is 0 Å². The molecule has 0 spiro atoms. The van der Waals surface area contributed by atoms with Crippen molar-refractivity contribution in [2.45, 2.75) is 0 Å². The second-order valence-corrected chi connectivity index (χ2v) is 5.71. The van der Waals surface area contributed by atoms with Crippen LogP contribution in [0.3, 0.4) is 0 Å². The molecule has 2 N–H and O–H groups in total. The fraction of sp³-hybridized carbons (Fsp3) is 0.167. The molecule has 0 fully saturated rings. The molecule has 2 rings (SSSR count). The third kappa shape index (κ3) is 3.41. The number of sulfonamides is 1. The fourth-order valence-corrected chi connectivity index (χ4v) is 2.17. The van der Waals surface area contributed by atoms with Crippen LogP contribution in [0.2, 0.25) is 0 Å². The molecule has 0 aliphatic carbocycles. The van der Waals surface area contributed by atoms with Crippen LogP contribution in [0.15, 0.2) is 36.7 Å². The van der Waals surface area contributed by atoms with Crippen LogP contribution < -0.4 is 10.0 Å². The van der Waals surface area contributed by atoms with Crippen molar-refractivity contribution in [1.82, 2.24) is 9.97 Å². The standard InChI is InChI=1S/C12H14N4O2S/c1-13-12-8-14-11(7-15-12)9-5-3-4-6-10(9)16-19(2,17)18/h3-8,16H,1-2H3,(H,13,15). The molecule has 7 heteroatoms. The van der Waals surface area contributed by atoms with E-state index in [4.69, 9.17) is 0 Å². The van der Waals surface area contributed by atoms with Crippen molar-refractivity contribution in [3.8, 4) is 11.3 Å². The monoisotopic (exact) mass is 278 g/mol. The molecule has 0 aliphatic rings. The smallest absolute Gasteiger partial charge is 0.229 e. The van der Waals surface area contributed by atoms with Gasteiger partial charge in [0.2, 0.25) is 10.0 Å². The number of nitrogens with one attached hydrogen (secondary N) is 2. The Balaban J connectivity index is 2.43. The maximum absolute atomic E-state index is 11.3. The lowest BCUT2D eigenvalue weighted by Crippen LogP contribution is -2.10. The van der Waals surface area contributed by atoms with Gasteiger partial charge in [-0.25, -0.2) is 13.4 Å². The summed E-state index contributed by atoms with van der Waals surface area (Å²) in [5, 5.41) is 2.87. The van der Waals surface area contributed by atoms with E-state index in [-0.39, 0.29) is 0 Å². The van der Waals surface area contributed by atoms with Gasteiger partial charge in [-0.15, -0.1) is 0 Å². The minimum atomic E-state index is -3.33. The van der Waals surface area contributed by atoms with Gasteiger partial charge in [0.1, 0.15) is 5.82 Å². The average Bonchev–Trinajstić information content (AvgIpc) is 2.38. The summed E-state index contributed by atoms with van der Waals surface area (Å²) in [7, 11) is -1.58. The van der Waals surface area contributed by atoms with E-state index in [1.165, 1.54) is 0 Å². The van der Waals surface area contributed by atoms with Crippen LogP contribution in [0.4, 0.5) is 11.5 Å². The topological polar surface area (TPSA) is 84.0 Å². The van der Waals surface area contributed by atoms with E-state index in [9.17, 15) is 8.42 Å². The summed E-state index contributed by atoms with van der Waals surface area (Å²) in [4.78, 5) is 8.41. The normalized spacial score (nSPS) is 11.1. The molecule has 1 heterocycles. The summed E-state index contributed by atoms with van der Waals surface area (Å²) >= 11 is 0. The predicted octanol–water partition coefficient (Wildman–Crippen LogP) is 1.56. The van der Waals surface area contributed by atoms with E-state index < -0.39 is 10.0 Å². The summed E-state index contributed by atoms with van der Waals surface area (Å²) in [5.74, 6) is 0.650. The van der Waals surface area contributed by atoms with Crippen molar-refractivity contribution in [2.75, 3.05) is 23.3 Å². The highest BCUT2D eigenvalue weighted by Crippen LogP contribution is 2.26. The van der Waals surface area contributed by atoms with Crippen LogP contribution >= 0.6 is 0 Å². The Labute approximate surface area is 112 Å². The molecule has 0 unspecified atom stereocenters. The Morgan fingerprint density at radius 3 is 2.42 bits per heavy atom. The number of aromatic nitrogens is 2. The zero-order chi connectivity index (χ0) is 13.9. The van der Waals surface area contributed by atoms with Gasteiger partial charge >= 0.3 is 0 Å². The Kier molecular flexibility index (Phi) is 3.66. The lowest BCUT2D eigenvalue weighted by molar-refractivity contribution is 0.607. The second kappa shape index (κ2) is 5.23. The van der Waals surface area contributed by atoms with E-state index >= 15 is 0 Å². The van der Waals surface area contributed by atoms with E-state index in [1.54, 1.807) is 37.6 Å². The molecule has 0 bridgehead atoms. The SMILES string of the molecule is CNc1cnc(-c2ccccc2NS(C)(=O)=O)cn1. The maximum atomic E-state index is 11.3. The third-order valence-corrected chi connectivity index (χ3v) is 3.00. The van der Waals surface area contributed by atoms with E-state index in [2.05, 4.69) is 20.0 Å². The van der Waals surface area contributed by atoms with E-state index in [0.717, 1.165) is 6.26 Å². The first-order chi connectivity index (χ1) is 8.99. The summed E-state index contributed by atoms with van der Waals surface area (Å²) < 4.78 is 25.1. The molecule has 0 saturated heterocycles. The number of nitrogens with zero attached hydrogens (tertiary/aromatic N) is 2. The molecule has 0 radical (unpaired) electrons. The zero-order valence-electron chi connectivity index (χ0n) is 10.6. The molecular formula is C12H14N4O2S. The molecule has 1 aromatic heterocycles. The van der Waals surface area contributed by atoms with Crippen molar-refractivity contribution in [1.29, 1.82) is 0 Å². The van der Waals surface area contributed by atoms with E-state index in [1.807, 2.05) is 6.07 Å².